The van der Waals surface area contributed by atoms with E-state index in [4.69, 9.17) is 28.0 Å². The Balaban J connectivity index is 1.56. The van der Waals surface area contributed by atoms with Gasteiger partial charge in [0.2, 0.25) is 0 Å². The number of ketones is 1. The molecule has 0 bridgehead atoms. The van der Waals surface area contributed by atoms with Crippen molar-refractivity contribution in [1.29, 1.82) is 0 Å². The van der Waals surface area contributed by atoms with Crippen LogP contribution in [0.4, 0.5) is 13.2 Å². The van der Waals surface area contributed by atoms with Crippen molar-refractivity contribution in [1.82, 2.24) is 9.78 Å². The minimum Gasteiger partial charge on any atom is -0.374 e. The number of halogens is 5. The predicted octanol–water partition coefficient (Wildman–Crippen LogP) is 6.43. The summed E-state index contributed by atoms with van der Waals surface area (Å²) in [6.07, 6.45) is -2.84. The second-order valence-electron chi connectivity index (χ2n) is 8.19. The Morgan fingerprint density at radius 3 is 2.44 bits per heavy atom. The molecule has 0 N–H and O–H groups in total. The van der Waals surface area contributed by atoms with Crippen molar-refractivity contribution in [3.63, 3.8) is 0 Å². The number of Topliss-reactive ketones (excluding diaryl/α,β-unsaturated/α-hetero) is 1. The van der Waals surface area contributed by atoms with Crippen LogP contribution in [0.3, 0.4) is 0 Å². The second-order valence-corrected chi connectivity index (χ2v) is 9.06. The normalized spacial score (nSPS) is 18.0. The first-order valence-corrected chi connectivity index (χ1v) is 11.2. The van der Waals surface area contributed by atoms with E-state index in [1.165, 1.54) is 18.2 Å². The van der Waals surface area contributed by atoms with Gasteiger partial charge in [-0.25, -0.2) is 0 Å². The van der Waals surface area contributed by atoms with Gasteiger partial charge in [-0.15, -0.1) is 0 Å². The average molecular weight is 510 g/mol. The number of nitrogens with zero attached hydrogens (tertiary/aromatic N) is 3. The number of hydrogen-bond donors (Lipinski definition) is 0. The molecule has 0 radical (unpaired) electrons. The molecular weight excluding hydrogens is 490 g/mol. The molecule has 0 saturated carbocycles. The summed E-state index contributed by atoms with van der Waals surface area (Å²) in [5.41, 5.74) is -0.285. The van der Waals surface area contributed by atoms with E-state index in [2.05, 4.69) is 10.3 Å². The second kappa shape index (κ2) is 9.07. The Hall–Kier alpha value is -2.84. The predicted molar refractivity (Wildman–Crippen MR) is 123 cm³/mol. The van der Waals surface area contributed by atoms with Crippen molar-refractivity contribution in [3.05, 3.63) is 86.7 Å². The van der Waals surface area contributed by atoms with E-state index in [1.807, 2.05) is 13.1 Å². The standard InChI is InChI=1S/C24H20Cl2F3N3O2/c1-14-9-15(3-5-20(14)22(33)6-4-19-7-8-30-32(19)2)21-13-23(34-31-21,24(27,28)29)16-10-17(25)12-18(26)11-16/h3,5,7-12H,4,6,13H2,1-2H3. The third-order valence-electron chi connectivity index (χ3n) is 5.91. The van der Waals surface area contributed by atoms with Crippen molar-refractivity contribution in [2.24, 2.45) is 12.2 Å². The first-order chi connectivity index (χ1) is 16.0. The summed E-state index contributed by atoms with van der Waals surface area (Å²) in [6.45, 7) is 1.74. The van der Waals surface area contributed by atoms with E-state index in [1.54, 1.807) is 36.0 Å². The Morgan fingerprint density at radius 2 is 1.85 bits per heavy atom. The SMILES string of the molecule is Cc1cc(C2=NOC(c3cc(Cl)cc(Cl)c3)(C(F)(F)F)C2)ccc1C(=O)CCc1ccnn1C. The van der Waals surface area contributed by atoms with E-state index in [-0.39, 0.29) is 33.5 Å². The van der Waals surface area contributed by atoms with Gasteiger partial charge in [0.25, 0.3) is 5.60 Å². The summed E-state index contributed by atoms with van der Waals surface area (Å²) < 4.78 is 44.3. The molecule has 1 aliphatic heterocycles. The van der Waals surface area contributed by atoms with Gasteiger partial charge in [0.05, 0.1) is 5.71 Å². The Labute approximate surface area is 204 Å². The molecule has 0 fully saturated rings. The molecule has 1 unspecified atom stereocenters. The number of benzene rings is 2. The third-order valence-corrected chi connectivity index (χ3v) is 6.34. The molecular formula is C24H20Cl2F3N3O2. The summed E-state index contributed by atoms with van der Waals surface area (Å²) in [4.78, 5) is 17.8. The maximum Gasteiger partial charge on any atom is 0.435 e. The maximum atomic E-state index is 14.2. The fourth-order valence-corrected chi connectivity index (χ4v) is 4.55. The molecule has 34 heavy (non-hydrogen) atoms. The van der Waals surface area contributed by atoms with Crippen LogP contribution in [0.5, 0.6) is 0 Å². The molecule has 1 aliphatic rings. The highest BCUT2D eigenvalue weighted by molar-refractivity contribution is 6.34. The molecule has 0 amide bonds. The van der Waals surface area contributed by atoms with Gasteiger partial charge in [0.1, 0.15) is 0 Å². The Kier molecular flexibility index (Phi) is 6.48. The molecule has 0 spiro atoms. The lowest BCUT2D eigenvalue weighted by Crippen LogP contribution is -2.42. The molecule has 1 aromatic heterocycles. The summed E-state index contributed by atoms with van der Waals surface area (Å²) in [6, 6.07) is 10.4. The highest BCUT2D eigenvalue weighted by Gasteiger charge is 2.62. The summed E-state index contributed by atoms with van der Waals surface area (Å²) >= 11 is 11.9. The van der Waals surface area contributed by atoms with Gasteiger partial charge >= 0.3 is 6.18 Å². The smallest absolute Gasteiger partial charge is 0.374 e. The Bertz CT molecular complexity index is 1270. The quantitative estimate of drug-likeness (QED) is 0.359. The zero-order valence-electron chi connectivity index (χ0n) is 18.3. The van der Waals surface area contributed by atoms with Crippen LogP contribution in [0.15, 0.2) is 53.8 Å². The van der Waals surface area contributed by atoms with Gasteiger partial charge < -0.3 is 4.84 Å². The largest absolute Gasteiger partial charge is 0.435 e. The monoisotopic (exact) mass is 509 g/mol. The maximum absolute atomic E-state index is 14.2. The lowest BCUT2D eigenvalue weighted by molar-refractivity contribution is -0.275. The fourth-order valence-electron chi connectivity index (χ4n) is 4.02. The highest BCUT2D eigenvalue weighted by Crippen LogP contribution is 2.49. The summed E-state index contributed by atoms with van der Waals surface area (Å²) in [5, 5.41) is 7.99. The molecule has 3 aromatic rings. The summed E-state index contributed by atoms with van der Waals surface area (Å²) in [5.74, 6) is -0.0620. The number of rotatable bonds is 6. The van der Waals surface area contributed by atoms with Gasteiger partial charge in [-0.1, -0.05) is 40.5 Å². The van der Waals surface area contributed by atoms with E-state index >= 15 is 0 Å². The average Bonchev–Trinajstić information content (AvgIpc) is 3.38. The number of carbonyl (C=O) groups is 1. The van der Waals surface area contributed by atoms with Crippen LogP contribution in [0.1, 0.15) is 45.6 Å². The highest BCUT2D eigenvalue weighted by atomic mass is 35.5. The first kappa shape index (κ1) is 24.3. The third kappa shape index (κ3) is 4.57. The minimum atomic E-state index is -4.77. The van der Waals surface area contributed by atoms with Crippen LogP contribution in [-0.4, -0.2) is 27.5 Å². The van der Waals surface area contributed by atoms with Gasteiger partial charge in [0, 0.05) is 53.0 Å². The lowest BCUT2D eigenvalue weighted by atomic mass is 9.86. The number of aromatic nitrogens is 2. The van der Waals surface area contributed by atoms with Gasteiger partial charge in [-0.3, -0.25) is 9.48 Å². The van der Waals surface area contributed by atoms with Gasteiger partial charge in [0.15, 0.2) is 5.78 Å². The zero-order chi connectivity index (χ0) is 24.7. The molecule has 0 saturated heterocycles. The van der Waals surface area contributed by atoms with Gasteiger partial charge in [-0.2, -0.15) is 18.3 Å². The molecule has 2 heterocycles. The molecule has 178 valence electrons. The molecule has 1 atom stereocenters. The van der Waals surface area contributed by atoms with Crippen LogP contribution in [0.25, 0.3) is 0 Å². The van der Waals surface area contributed by atoms with Crippen LogP contribution in [0.2, 0.25) is 10.0 Å². The number of oxime groups is 1. The van der Waals surface area contributed by atoms with Crippen molar-refractivity contribution in [3.8, 4) is 0 Å². The van der Waals surface area contributed by atoms with E-state index < -0.39 is 18.2 Å². The van der Waals surface area contributed by atoms with Crippen LogP contribution < -0.4 is 0 Å². The van der Waals surface area contributed by atoms with E-state index in [0.717, 1.165) is 5.69 Å². The number of carbonyl (C=O) groups excluding carboxylic acids is 1. The molecule has 10 heteroatoms. The molecule has 2 aromatic carbocycles. The lowest BCUT2D eigenvalue weighted by Gasteiger charge is -2.29. The number of hydrogen-bond acceptors (Lipinski definition) is 4. The van der Waals surface area contributed by atoms with E-state index in [0.29, 0.717) is 23.1 Å². The van der Waals surface area contributed by atoms with Crippen molar-refractivity contribution >= 4 is 34.7 Å². The first-order valence-electron chi connectivity index (χ1n) is 10.4. The zero-order valence-corrected chi connectivity index (χ0v) is 19.8. The molecule has 4 rings (SSSR count). The molecule has 5 nitrogen and oxygen atoms in total. The van der Waals surface area contributed by atoms with E-state index in [9.17, 15) is 18.0 Å². The van der Waals surface area contributed by atoms with Crippen molar-refractivity contribution in [2.45, 2.75) is 38.0 Å². The fraction of sp³-hybridized carbons (Fsp3) is 0.292. The number of aryl methyl sites for hydroxylation is 3. The molecule has 0 aliphatic carbocycles. The summed E-state index contributed by atoms with van der Waals surface area (Å²) in [7, 11) is 1.81. The Morgan fingerprint density at radius 1 is 1.15 bits per heavy atom. The van der Waals surface area contributed by atoms with Crippen molar-refractivity contribution < 1.29 is 22.8 Å². The van der Waals surface area contributed by atoms with Crippen LogP contribution in [-0.2, 0) is 23.9 Å². The minimum absolute atomic E-state index is 0.0620. The van der Waals surface area contributed by atoms with Crippen LogP contribution >= 0.6 is 23.2 Å². The van der Waals surface area contributed by atoms with Gasteiger partial charge in [-0.05, 0) is 54.8 Å². The van der Waals surface area contributed by atoms with Crippen LogP contribution in [0, 0.1) is 6.92 Å². The topological polar surface area (TPSA) is 56.5 Å². The number of alkyl halides is 3. The van der Waals surface area contributed by atoms with Crippen molar-refractivity contribution in [2.75, 3.05) is 0 Å².